The third kappa shape index (κ3) is 5.17. The Labute approximate surface area is 180 Å². The molecule has 0 spiro atoms. The summed E-state index contributed by atoms with van der Waals surface area (Å²) in [6.07, 6.45) is -0.0627. The van der Waals surface area contributed by atoms with E-state index in [2.05, 4.69) is 5.32 Å². The number of aryl methyl sites for hydroxylation is 1. The zero-order valence-electron chi connectivity index (χ0n) is 17.8. The molecular formula is C24H25FN2O4. The van der Waals surface area contributed by atoms with Crippen LogP contribution in [0.4, 0.5) is 10.1 Å². The van der Waals surface area contributed by atoms with Crippen molar-refractivity contribution in [3.05, 3.63) is 76.7 Å². The maximum Gasteiger partial charge on any atom is 0.336 e. The Kier molecular flexibility index (Phi) is 6.84. The standard InChI is InChI=1S/C24H25FN2O4/c1-4-31-24(30)23-16(3)27(14-21(28)26-19-10-8-15(2)9-11-19)22(29)13-20(23)17-6-5-7-18(25)12-17/h5-12,20H,4,13-14H2,1-3H3,(H,26,28)/t20-/m0/s1. The summed E-state index contributed by atoms with van der Waals surface area (Å²) in [6, 6.07) is 13.1. The van der Waals surface area contributed by atoms with Gasteiger partial charge in [0.05, 0.1) is 12.2 Å². The van der Waals surface area contributed by atoms with Crippen LogP contribution in [0.2, 0.25) is 0 Å². The molecule has 2 aromatic carbocycles. The summed E-state index contributed by atoms with van der Waals surface area (Å²) >= 11 is 0. The molecule has 2 amide bonds. The number of benzene rings is 2. The Bertz CT molecular complexity index is 1030. The van der Waals surface area contributed by atoms with E-state index in [0.29, 0.717) is 16.9 Å². The lowest BCUT2D eigenvalue weighted by atomic mass is 9.83. The van der Waals surface area contributed by atoms with Crippen molar-refractivity contribution in [2.24, 2.45) is 0 Å². The number of anilines is 1. The van der Waals surface area contributed by atoms with Crippen LogP contribution in [0.5, 0.6) is 0 Å². The largest absolute Gasteiger partial charge is 0.463 e. The third-order valence-electron chi connectivity index (χ3n) is 5.21. The quantitative estimate of drug-likeness (QED) is 0.713. The Morgan fingerprint density at radius 2 is 1.87 bits per heavy atom. The number of nitrogens with zero attached hydrogens (tertiary/aromatic N) is 1. The summed E-state index contributed by atoms with van der Waals surface area (Å²) in [5.74, 6) is -2.38. The molecule has 3 rings (SSSR count). The SMILES string of the molecule is CCOC(=O)C1=C(C)N(CC(=O)Nc2ccc(C)cc2)C(=O)C[C@H]1c1cccc(F)c1. The molecule has 0 aromatic heterocycles. The molecule has 0 radical (unpaired) electrons. The lowest BCUT2D eigenvalue weighted by Gasteiger charge is -2.34. The fraction of sp³-hybridized carbons (Fsp3) is 0.292. The van der Waals surface area contributed by atoms with Crippen molar-refractivity contribution in [3.63, 3.8) is 0 Å². The van der Waals surface area contributed by atoms with Crippen molar-refractivity contribution in [3.8, 4) is 0 Å². The number of ether oxygens (including phenoxy) is 1. The van der Waals surface area contributed by atoms with Gasteiger partial charge in [0.25, 0.3) is 0 Å². The molecule has 2 aromatic rings. The Morgan fingerprint density at radius 1 is 1.16 bits per heavy atom. The summed E-state index contributed by atoms with van der Waals surface area (Å²) in [6.45, 7) is 5.16. The van der Waals surface area contributed by atoms with E-state index in [-0.39, 0.29) is 37.0 Å². The van der Waals surface area contributed by atoms with E-state index in [1.165, 1.54) is 23.1 Å². The van der Waals surface area contributed by atoms with Crippen LogP contribution >= 0.6 is 0 Å². The van der Waals surface area contributed by atoms with Gasteiger partial charge in [-0.25, -0.2) is 9.18 Å². The normalized spacial score (nSPS) is 16.3. The van der Waals surface area contributed by atoms with Crippen molar-refractivity contribution in [2.75, 3.05) is 18.5 Å². The van der Waals surface area contributed by atoms with E-state index >= 15 is 0 Å². The molecule has 1 aliphatic rings. The van der Waals surface area contributed by atoms with Gasteiger partial charge >= 0.3 is 5.97 Å². The first-order valence-corrected chi connectivity index (χ1v) is 10.1. The molecule has 0 fully saturated rings. The first-order chi connectivity index (χ1) is 14.8. The molecule has 0 aliphatic carbocycles. The van der Waals surface area contributed by atoms with Gasteiger partial charge in [-0.1, -0.05) is 29.8 Å². The van der Waals surface area contributed by atoms with Crippen LogP contribution in [0.25, 0.3) is 0 Å². The molecule has 1 N–H and O–H groups in total. The Balaban J connectivity index is 1.90. The van der Waals surface area contributed by atoms with Crippen molar-refractivity contribution in [2.45, 2.75) is 33.1 Å². The molecule has 1 atom stereocenters. The number of nitrogens with one attached hydrogen (secondary N) is 1. The highest BCUT2D eigenvalue weighted by molar-refractivity contribution is 5.99. The van der Waals surface area contributed by atoms with E-state index in [4.69, 9.17) is 4.74 Å². The molecule has 1 heterocycles. The van der Waals surface area contributed by atoms with Crippen molar-refractivity contribution < 1.29 is 23.5 Å². The van der Waals surface area contributed by atoms with Gasteiger partial charge in [-0.3, -0.25) is 9.59 Å². The molecule has 1 aliphatic heterocycles. The zero-order valence-corrected chi connectivity index (χ0v) is 17.8. The van der Waals surface area contributed by atoms with Crippen LogP contribution in [0, 0.1) is 12.7 Å². The number of carbonyl (C=O) groups is 3. The van der Waals surface area contributed by atoms with E-state index in [1.807, 2.05) is 19.1 Å². The highest BCUT2D eigenvalue weighted by Crippen LogP contribution is 2.37. The van der Waals surface area contributed by atoms with E-state index in [1.54, 1.807) is 32.0 Å². The van der Waals surface area contributed by atoms with Gasteiger partial charge in [0.15, 0.2) is 0 Å². The van der Waals surface area contributed by atoms with Gasteiger partial charge in [-0.15, -0.1) is 0 Å². The molecule has 162 valence electrons. The summed E-state index contributed by atoms with van der Waals surface area (Å²) < 4.78 is 19.0. The second-order valence-corrected chi connectivity index (χ2v) is 7.43. The van der Waals surface area contributed by atoms with Crippen molar-refractivity contribution in [1.29, 1.82) is 0 Å². The van der Waals surface area contributed by atoms with Crippen molar-refractivity contribution in [1.82, 2.24) is 4.90 Å². The minimum atomic E-state index is -0.640. The predicted octanol–water partition coefficient (Wildman–Crippen LogP) is 3.93. The van der Waals surface area contributed by atoms with Crippen molar-refractivity contribution >= 4 is 23.5 Å². The molecule has 0 bridgehead atoms. The molecule has 0 unspecified atom stereocenters. The predicted molar refractivity (Wildman–Crippen MR) is 115 cm³/mol. The second-order valence-electron chi connectivity index (χ2n) is 7.43. The number of hydrogen-bond donors (Lipinski definition) is 1. The van der Waals surface area contributed by atoms with Gasteiger partial charge in [0.1, 0.15) is 12.4 Å². The van der Waals surface area contributed by atoms with Crippen LogP contribution in [0.3, 0.4) is 0 Å². The van der Waals surface area contributed by atoms with Crippen LogP contribution < -0.4 is 5.32 Å². The number of halogens is 1. The summed E-state index contributed by atoms with van der Waals surface area (Å²) in [5.41, 5.74) is 2.79. The van der Waals surface area contributed by atoms with Crippen LogP contribution in [0.15, 0.2) is 59.8 Å². The molecule has 0 saturated heterocycles. The topological polar surface area (TPSA) is 75.7 Å². The summed E-state index contributed by atoms with van der Waals surface area (Å²) in [4.78, 5) is 39.5. The van der Waals surface area contributed by atoms with Crippen LogP contribution in [-0.4, -0.2) is 35.8 Å². The van der Waals surface area contributed by atoms with Gasteiger partial charge in [-0.2, -0.15) is 0 Å². The van der Waals surface area contributed by atoms with E-state index < -0.39 is 17.7 Å². The molecule has 0 saturated carbocycles. The Hall–Kier alpha value is -3.48. The number of allylic oxidation sites excluding steroid dienone is 1. The lowest BCUT2D eigenvalue weighted by Crippen LogP contribution is -2.42. The van der Waals surface area contributed by atoms with Crippen LogP contribution in [0.1, 0.15) is 37.3 Å². The van der Waals surface area contributed by atoms with Gasteiger partial charge in [-0.05, 0) is 50.6 Å². The zero-order chi connectivity index (χ0) is 22.5. The number of hydrogen-bond acceptors (Lipinski definition) is 4. The second kappa shape index (κ2) is 9.55. The number of carbonyl (C=O) groups excluding carboxylic acids is 3. The molecular weight excluding hydrogens is 399 g/mol. The minimum absolute atomic E-state index is 0.0627. The maximum absolute atomic E-state index is 13.8. The first kappa shape index (κ1) is 22.2. The average Bonchev–Trinajstić information content (AvgIpc) is 2.72. The highest BCUT2D eigenvalue weighted by Gasteiger charge is 2.37. The number of rotatable bonds is 6. The summed E-state index contributed by atoms with van der Waals surface area (Å²) in [5, 5.41) is 2.76. The lowest BCUT2D eigenvalue weighted by molar-refractivity contribution is -0.140. The first-order valence-electron chi connectivity index (χ1n) is 10.1. The van der Waals surface area contributed by atoms with Gasteiger partial charge < -0.3 is 15.0 Å². The van der Waals surface area contributed by atoms with E-state index in [9.17, 15) is 18.8 Å². The number of amides is 2. The molecule has 31 heavy (non-hydrogen) atoms. The average molecular weight is 424 g/mol. The number of esters is 1. The fourth-order valence-corrected chi connectivity index (χ4v) is 3.67. The third-order valence-corrected chi connectivity index (χ3v) is 5.21. The monoisotopic (exact) mass is 424 g/mol. The van der Waals surface area contributed by atoms with Gasteiger partial charge in [0, 0.05) is 23.7 Å². The molecule has 6 nitrogen and oxygen atoms in total. The maximum atomic E-state index is 13.8. The van der Waals surface area contributed by atoms with Crippen LogP contribution in [-0.2, 0) is 19.1 Å². The smallest absolute Gasteiger partial charge is 0.336 e. The summed E-state index contributed by atoms with van der Waals surface area (Å²) in [7, 11) is 0. The van der Waals surface area contributed by atoms with Gasteiger partial charge in [0.2, 0.25) is 11.8 Å². The highest BCUT2D eigenvalue weighted by atomic mass is 19.1. The Morgan fingerprint density at radius 3 is 2.52 bits per heavy atom. The van der Waals surface area contributed by atoms with E-state index in [0.717, 1.165) is 5.56 Å². The fourth-order valence-electron chi connectivity index (χ4n) is 3.67. The molecule has 7 heteroatoms. The minimum Gasteiger partial charge on any atom is -0.463 e.